The molecule has 0 radical (unpaired) electrons. The van der Waals surface area contributed by atoms with E-state index in [2.05, 4.69) is 5.32 Å². The van der Waals surface area contributed by atoms with Gasteiger partial charge in [-0.3, -0.25) is 19.2 Å². The molecule has 7 atom stereocenters. The summed E-state index contributed by atoms with van der Waals surface area (Å²) in [5, 5.41) is 48.2. The molecule has 1 fully saturated rings. The number of phenols is 2. The van der Waals surface area contributed by atoms with Crippen LogP contribution in [0.1, 0.15) is 95.0 Å². The molecule has 2 aliphatic carbocycles. The van der Waals surface area contributed by atoms with E-state index in [-0.39, 0.29) is 34.4 Å². The highest BCUT2D eigenvalue weighted by molar-refractivity contribution is 6.31. The normalized spacial score (nSPS) is 27.3. The largest absolute Gasteiger partial charge is 0.507 e. The van der Waals surface area contributed by atoms with Gasteiger partial charge in [0.25, 0.3) is 0 Å². The molecular weight excluding hydrogens is 614 g/mol. The lowest BCUT2D eigenvalue weighted by atomic mass is 9.72. The number of carbonyl (C=O) groups is 4. The van der Waals surface area contributed by atoms with Crippen LogP contribution in [0.25, 0.3) is 0 Å². The molecule has 14 heteroatoms. The fourth-order valence-corrected chi connectivity index (χ4v) is 6.70. The number of hydrogen-bond donors (Lipinski definition) is 7. The number of methoxy groups -OCH3 is 1. The number of nitrogens with one attached hydrogen (secondary N) is 1. The summed E-state index contributed by atoms with van der Waals surface area (Å²) in [4.78, 5) is 53.0. The average Bonchev–Trinajstić information content (AvgIpc) is 3.03. The van der Waals surface area contributed by atoms with Crippen molar-refractivity contribution in [1.82, 2.24) is 5.32 Å². The Morgan fingerprint density at radius 1 is 1.13 bits per heavy atom. The zero-order chi connectivity index (χ0) is 34.4. The second kappa shape index (κ2) is 13.3. The predicted octanol–water partition coefficient (Wildman–Crippen LogP) is 0.643. The lowest BCUT2D eigenvalue weighted by molar-refractivity contribution is -0.249. The monoisotopic (exact) mass is 655 g/mol. The molecule has 3 aliphatic rings. The van der Waals surface area contributed by atoms with Gasteiger partial charge in [0.1, 0.15) is 29.0 Å². The van der Waals surface area contributed by atoms with Crippen molar-refractivity contribution >= 4 is 23.3 Å². The Morgan fingerprint density at radius 3 is 2.49 bits per heavy atom. The van der Waals surface area contributed by atoms with Crippen LogP contribution in [0.5, 0.6) is 17.2 Å². The first-order chi connectivity index (χ1) is 22.2. The fourth-order valence-electron chi connectivity index (χ4n) is 6.70. The number of carbonyl (C=O) groups excluding carboxylic acids is 4. The van der Waals surface area contributed by atoms with Crippen LogP contribution in [0.4, 0.5) is 0 Å². The summed E-state index contributed by atoms with van der Waals surface area (Å²) in [6.45, 7) is 3.19. The molecule has 0 aromatic heterocycles. The van der Waals surface area contributed by atoms with Crippen molar-refractivity contribution in [3.05, 3.63) is 51.6 Å². The number of Topliss-reactive ketones (excluding diaryl/α,β-unsaturated/α-hetero) is 1. The Labute approximate surface area is 271 Å². The van der Waals surface area contributed by atoms with E-state index in [4.69, 9.17) is 25.7 Å². The van der Waals surface area contributed by atoms with Crippen LogP contribution in [0.3, 0.4) is 0 Å². The van der Waals surface area contributed by atoms with Crippen LogP contribution >= 0.6 is 0 Å². The van der Waals surface area contributed by atoms with Gasteiger partial charge in [0.05, 0.1) is 48.1 Å². The Morgan fingerprint density at radius 2 is 1.83 bits per heavy atom. The van der Waals surface area contributed by atoms with E-state index in [0.717, 1.165) is 6.92 Å². The third-order valence-electron chi connectivity index (χ3n) is 9.39. The molecule has 47 heavy (non-hydrogen) atoms. The van der Waals surface area contributed by atoms with Gasteiger partial charge < -0.3 is 51.4 Å². The van der Waals surface area contributed by atoms with Gasteiger partial charge in [0.2, 0.25) is 11.7 Å². The molecule has 1 saturated heterocycles. The molecule has 1 aliphatic heterocycles. The summed E-state index contributed by atoms with van der Waals surface area (Å²) in [5.74, 6) is -3.90. The summed E-state index contributed by atoms with van der Waals surface area (Å²) in [6.07, 6.45) is -3.70. The van der Waals surface area contributed by atoms with E-state index >= 15 is 0 Å². The van der Waals surface area contributed by atoms with Crippen molar-refractivity contribution < 1.29 is 53.8 Å². The van der Waals surface area contributed by atoms with Gasteiger partial charge in [0.15, 0.2) is 17.9 Å². The van der Waals surface area contributed by atoms with Gasteiger partial charge in [-0.2, -0.15) is 0 Å². The molecule has 0 bridgehead atoms. The molecule has 9 N–H and O–H groups in total. The first kappa shape index (κ1) is 34.4. The second-order valence-electron chi connectivity index (χ2n) is 12.5. The zero-order valence-corrected chi connectivity index (χ0v) is 26.4. The minimum atomic E-state index is -2.08. The third kappa shape index (κ3) is 6.12. The topological polar surface area (TPSA) is 241 Å². The quantitative estimate of drug-likeness (QED) is 0.117. The molecule has 2 aromatic rings. The van der Waals surface area contributed by atoms with Crippen molar-refractivity contribution in [2.75, 3.05) is 13.7 Å². The SMILES string of the molecule is COc1cccc2c1C(=O)c1c(O)c3c(c(O)c1C2=O)C[C@@](O)(C(C)=O)C[C@H]3O[C@H]1C[C@@H](NC(=O)[C@H](N)CCCCN)[C@H](O)[C@H](C)O1. The van der Waals surface area contributed by atoms with Crippen molar-refractivity contribution in [2.24, 2.45) is 11.5 Å². The number of amides is 1. The van der Waals surface area contributed by atoms with Crippen LogP contribution in [-0.4, -0.2) is 93.5 Å². The molecule has 5 rings (SSSR count). The first-order valence-electron chi connectivity index (χ1n) is 15.6. The molecule has 0 unspecified atom stereocenters. The minimum Gasteiger partial charge on any atom is -0.507 e. The number of phenolic OH excluding ortho intramolecular Hbond substituents is 2. The molecule has 254 valence electrons. The zero-order valence-electron chi connectivity index (χ0n) is 26.4. The van der Waals surface area contributed by atoms with Crippen molar-refractivity contribution in [1.29, 1.82) is 0 Å². The predicted molar refractivity (Wildman–Crippen MR) is 165 cm³/mol. The number of ether oxygens (including phenoxy) is 3. The van der Waals surface area contributed by atoms with E-state index in [1.807, 2.05) is 0 Å². The van der Waals surface area contributed by atoms with E-state index in [0.29, 0.717) is 25.8 Å². The second-order valence-corrected chi connectivity index (χ2v) is 12.5. The van der Waals surface area contributed by atoms with Gasteiger partial charge >= 0.3 is 0 Å². The summed E-state index contributed by atoms with van der Waals surface area (Å²) in [5.41, 5.74) is 8.18. The maximum Gasteiger partial charge on any atom is 0.237 e. The number of nitrogens with two attached hydrogens (primary N) is 2. The van der Waals surface area contributed by atoms with E-state index in [1.165, 1.54) is 25.3 Å². The minimum absolute atomic E-state index is 0.0442. The lowest BCUT2D eigenvalue weighted by Gasteiger charge is -2.43. The Hall–Kier alpha value is -3.92. The van der Waals surface area contributed by atoms with Gasteiger partial charge in [-0.05, 0) is 39.3 Å². The summed E-state index contributed by atoms with van der Waals surface area (Å²) >= 11 is 0. The van der Waals surface area contributed by atoms with Gasteiger partial charge in [-0.25, -0.2) is 0 Å². The lowest BCUT2D eigenvalue weighted by Crippen LogP contribution is -2.58. The molecule has 0 saturated carbocycles. The molecule has 0 spiro atoms. The maximum absolute atomic E-state index is 13.8. The summed E-state index contributed by atoms with van der Waals surface area (Å²) in [6, 6.07) is 2.70. The van der Waals surface area contributed by atoms with Gasteiger partial charge in [0, 0.05) is 36.0 Å². The highest BCUT2D eigenvalue weighted by atomic mass is 16.7. The van der Waals surface area contributed by atoms with E-state index in [1.54, 1.807) is 6.92 Å². The van der Waals surface area contributed by atoms with Crippen LogP contribution in [0.15, 0.2) is 18.2 Å². The maximum atomic E-state index is 13.8. The highest BCUT2D eigenvalue weighted by Gasteiger charge is 2.49. The van der Waals surface area contributed by atoms with Crippen LogP contribution in [0, 0.1) is 0 Å². The Balaban J connectivity index is 1.52. The fraction of sp³-hybridized carbons (Fsp3) is 0.515. The number of aliphatic hydroxyl groups is 2. The van der Waals surface area contributed by atoms with Gasteiger partial charge in [-0.15, -0.1) is 0 Å². The number of ketones is 3. The number of benzene rings is 2. The van der Waals surface area contributed by atoms with Crippen molar-refractivity contribution in [3.8, 4) is 17.2 Å². The smallest absolute Gasteiger partial charge is 0.237 e. The van der Waals surface area contributed by atoms with E-state index < -0.39 is 101 Å². The molecular formula is C33H41N3O11. The van der Waals surface area contributed by atoms with Crippen LogP contribution in [0.2, 0.25) is 0 Å². The van der Waals surface area contributed by atoms with Crippen molar-refractivity contribution in [2.45, 2.75) is 94.7 Å². The number of fused-ring (bicyclic) bond motifs is 3. The average molecular weight is 656 g/mol. The van der Waals surface area contributed by atoms with Gasteiger partial charge in [-0.1, -0.05) is 18.6 Å². The van der Waals surface area contributed by atoms with Crippen molar-refractivity contribution in [3.63, 3.8) is 0 Å². The Kier molecular flexibility index (Phi) is 9.74. The molecule has 1 heterocycles. The third-order valence-corrected chi connectivity index (χ3v) is 9.39. The van der Waals surface area contributed by atoms with E-state index in [9.17, 15) is 39.6 Å². The summed E-state index contributed by atoms with van der Waals surface area (Å²) < 4.78 is 17.4. The number of unbranched alkanes of at least 4 members (excludes halogenated alkanes) is 1. The molecule has 14 nitrogen and oxygen atoms in total. The Bertz CT molecular complexity index is 1610. The molecule has 1 amide bonds. The number of rotatable bonds is 10. The van der Waals surface area contributed by atoms with Crippen LogP contribution < -0.4 is 21.5 Å². The summed E-state index contributed by atoms with van der Waals surface area (Å²) in [7, 11) is 1.33. The number of aliphatic hydroxyl groups excluding tert-OH is 1. The molecule has 2 aromatic carbocycles. The van der Waals surface area contributed by atoms with Crippen LogP contribution in [-0.2, 0) is 25.5 Å². The standard InChI is InChI=1S/C33H41N3O11/c1-14-27(38)19(36-32(43)18(35)8-4-5-10-34)11-22(46-14)47-21-13-33(44,15(2)37)12-17-24(21)31(42)26-25(29(17)40)28(39)16-7-6-9-20(45-3)23(16)30(26)41/h6-7,9,14,18-19,21-22,27,38,40,42,44H,4-5,8,10-13,34-35H2,1-3H3,(H,36,43)/t14-,18+,19+,21+,22-,27+,33-/m0/s1. The number of aromatic hydroxyl groups is 2. The highest BCUT2D eigenvalue weighted by Crippen LogP contribution is 2.52. The first-order valence-corrected chi connectivity index (χ1v) is 15.6. The number of hydrogen-bond acceptors (Lipinski definition) is 13.